The molecule has 0 spiro atoms. The summed E-state index contributed by atoms with van der Waals surface area (Å²) in [7, 11) is -4.04. The van der Waals surface area contributed by atoms with Crippen LogP contribution in [0.3, 0.4) is 0 Å². The second-order valence-electron chi connectivity index (χ2n) is 14.6. The van der Waals surface area contributed by atoms with Gasteiger partial charge in [-0.25, -0.2) is 13.1 Å². The molecule has 5 aliphatic heterocycles. The van der Waals surface area contributed by atoms with E-state index in [4.69, 9.17) is 11.1 Å². The molecule has 4 aromatic rings. The van der Waals surface area contributed by atoms with E-state index in [1.54, 1.807) is 91.0 Å². The van der Waals surface area contributed by atoms with Crippen molar-refractivity contribution in [3.63, 3.8) is 0 Å². The first-order chi connectivity index (χ1) is 27.9. The molecule has 58 heavy (non-hydrogen) atoms. The number of nitrogens with one attached hydrogen (secondary N) is 6. The summed E-state index contributed by atoms with van der Waals surface area (Å²) in [6.07, 6.45) is 0.0347. The summed E-state index contributed by atoms with van der Waals surface area (Å²) in [6.45, 7) is 3.40. The number of nitrogens with two attached hydrogens (primary N) is 1. The molecule has 8 N–H and O–H groups in total. The van der Waals surface area contributed by atoms with Crippen molar-refractivity contribution in [1.82, 2.24) is 30.5 Å². The van der Waals surface area contributed by atoms with Gasteiger partial charge in [-0.2, -0.15) is 0 Å². The second kappa shape index (κ2) is 19.5. The lowest BCUT2D eigenvalue weighted by molar-refractivity contribution is -0.129. The summed E-state index contributed by atoms with van der Waals surface area (Å²) in [4.78, 5) is 57.9. The number of anilines is 1. The maximum absolute atomic E-state index is 14.2. The molecule has 0 aliphatic carbocycles. The zero-order valence-corrected chi connectivity index (χ0v) is 32.9. The standard InChI is InChI=1S/C42H49N9O6S/c43-40(44)34-14-10-32(11-15-34)25-46-41(54)36-22-30-12-16-35(17-13-30)47-39(53)27-51-20-18-50(19-21-51)26-38(52)45-24-31-8-6-29(7-9-31)23-37(42(55)48-36)49-58(56,57)28-33-4-2-1-3-5-33/h1-17,36-37,49H,18-28H2,(H3,43,44)(H,45,52)(H,46,54)(H,47,53)(H,48,55)/t36-,37+/m0/s1. The maximum Gasteiger partial charge on any atom is 0.243 e. The van der Waals surface area contributed by atoms with Gasteiger partial charge in [-0.05, 0) is 46.4 Å². The van der Waals surface area contributed by atoms with E-state index in [0.717, 1.165) is 11.1 Å². The van der Waals surface area contributed by atoms with E-state index in [1.165, 1.54) is 0 Å². The fourth-order valence-corrected chi connectivity index (χ4v) is 8.13. The van der Waals surface area contributed by atoms with Crippen molar-refractivity contribution in [3.05, 3.63) is 137 Å². The quantitative estimate of drug-likeness (QED) is 0.101. The van der Waals surface area contributed by atoms with Gasteiger partial charge in [-0.1, -0.05) is 91.0 Å². The van der Waals surface area contributed by atoms with Gasteiger partial charge in [0, 0.05) is 56.9 Å². The molecule has 0 radical (unpaired) electrons. The van der Waals surface area contributed by atoms with Crippen LogP contribution < -0.4 is 31.7 Å². The summed E-state index contributed by atoms with van der Waals surface area (Å²) in [5.74, 6) is -1.96. The average molecular weight is 808 g/mol. The van der Waals surface area contributed by atoms with Gasteiger partial charge in [0.05, 0.1) is 18.8 Å². The number of carbonyl (C=O) groups is 4. The molecule has 0 unspecified atom stereocenters. The Morgan fingerprint density at radius 1 is 0.741 bits per heavy atom. The molecule has 1 fully saturated rings. The van der Waals surface area contributed by atoms with Crippen LogP contribution in [0.15, 0.2) is 103 Å². The van der Waals surface area contributed by atoms with Crippen LogP contribution in [0.2, 0.25) is 0 Å². The number of hydrogen-bond acceptors (Lipinski definition) is 9. The number of nitrogen functional groups attached to an aromatic ring is 1. The molecule has 5 heterocycles. The Morgan fingerprint density at radius 2 is 1.33 bits per heavy atom. The zero-order valence-electron chi connectivity index (χ0n) is 32.1. The Labute approximate surface area is 338 Å². The van der Waals surface area contributed by atoms with Crippen molar-refractivity contribution in [3.8, 4) is 0 Å². The van der Waals surface area contributed by atoms with Crippen LogP contribution in [-0.4, -0.2) is 99.0 Å². The number of carbonyl (C=O) groups excluding carboxylic acids is 4. The lowest BCUT2D eigenvalue weighted by Crippen LogP contribution is -2.55. The molecule has 6 bridgehead atoms. The molecule has 4 amide bonds. The molecule has 16 heteroatoms. The smallest absolute Gasteiger partial charge is 0.243 e. The monoisotopic (exact) mass is 807 g/mol. The number of amidine groups is 1. The van der Waals surface area contributed by atoms with E-state index < -0.39 is 33.9 Å². The molecule has 1 saturated heterocycles. The first-order valence-corrected chi connectivity index (χ1v) is 20.8. The van der Waals surface area contributed by atoms with Crippen LogP contribution in [0.1, 0.15) is 33.4 Å². The van der Waals surface area contributed by atoms with Crippen molar-refractivity contribution in [2.45, 2.75) is 43.8 Å². The minimum absolute atomic E-state index is 0.0241. The van der Waals surface area contributed by atoms with Crippen molar-refractivity contribution >= 4 is 45.2 Å². The summed E-state index contributed by atoms with van der Waals surface area (Å²) >= 11 is 0. The highest BCUT2D eigenvalue weighted by atomic mass is 32.2. The molecule has 5 aliphatic rings. The van der Waals surface area contributed by atoms with Crippen LogP contribution in [0.4, 0.5) is 5.69 Å². The minimum atomic E-state index is -4.04. The number of benzene rings is 4. The van der Waals surface area contributed by atoms with E-state index in [-0.39, 0.29) is 62.4 Å². The van der Waals surface area contributed by atoms with Gasteiger partial charge in [-0.15, -0.1) is 0 Å². The van der Waals surface area contributed by atoms with Gasteiger partial charge < -0.3 is 27.0 Å². The maximum atomic E-state index is 14.2. The number of fused-ring (bicyclic) bond motifs is 3. The molecule has 4 aromatic carbocycles. The first-order valence-electron chi connectivity index (χ1n) is 19.1. The fourth-order valence-electron chi connectivity index (χ4n) is 6.79. The Morgan fingerprint density at radius 3 is 1.97 bits per heavy atom. The van der Waals surface area contributed by atoms with Gasteiger partial charge >= 0.3 is 0 Å². The van der Waals surface area contributed by atoms with Crippen LogP contribution >= 0.6 is 0 Å². The van der Waals surface area contributed by atoms with Crippen molar-refractivity contribution in [2.24, 2.45) is 5.73 Å². The normalized spacial score (nSPS) is 20.9. The van der Waals surface area contributed by atoms with Gasteiger partial charge in [0.1, 0.15) is 17.9 Å². The highest BCUT2D eigenvalue weighted by Crippen LogP contribution is 2.15. The number of piperazine rings is 1. The number of rotatable bonds is 8. The molecule has 15 nitrogen and oxygen atoms in total. The Hall–Kier alpha value is -5.94. The van der Waals surface area contributed by atoms with E-state index >= 15 is 0 Å². The highest BCUT2D eigenvalue weighted by Gasteiger charge is 2.30. The van der Waals surface area contributed by atoms with Gasteiger partial charge in [0.15, 0.2) is 0 Å². The average Bonchev–Trinajstić information content (AvgIpc) is 3.20. The Bertz CT molecular complexity index is 2180. The summed E-state index contributed by atoms with van der Waals surface area (Å²) < 4.78 is 29.7. The molecular weight excluding hydrogens is 759 g/mol. The molecule has 2 atom stereocenters. The van der Waals surface area contributed by atoms with E-state index in [2.05, 4.69) is 30.9 Å². The summed E-state index contributed by atoms with van der Waals surface area (Å²) in [6, 6.07) is 27.2. The number of nitrogens with zero attached hydrogens (tertiary/aromatic N) is 2. The molecule has 0 aromatic heterocycles. The van der Waals surface area contributed by atoms with Gasteiger partial charge in [-0.3, -0.25) is 34.4 Å². The van der Waals surface area contributed by atoms with Crippen molar-refractivity contribution in [1.29, 1.82) is 5.41 Å². The lowest BCUT2D eigenvalue weighted by Gasteiger charge is -2.33. The van der Waals surface area contributed by atoms with Crippen LogP contribution in [0.25, 0.3) is 0 Å². The van der Waals surface area contributed by atoms with Crippen molar-refractivity contribution in [2.75, 3.05) is 44.6 Å². The van der Waals surface area contributed by atoms with Crippen LogP contribution in [0, 0.1) is 5.41 Å². The minimum Gasteiger partial charge on any atom is -0.384 e. The third-order valence-corrected chi connectivity index (χ3v) is 11.4. The van der Waals surface area contributed by atoms with Gasteiger partial charge in [0.25, 0.3) is 0 Å². The molecule has 304 valence electrons. The summed E-state index contributed by atoms with van der Waals surface area (Å²) in [5, 5.41) is 19.2. The largest absolute Gasteiger partial charge is 0.384 e. The number of amides is 4. The lowest BCUT2D eigenvalue weighted by atomic mass is 10.0. The topological polar surface area (TPSA) is 219 Å². The van der Waals surface area contributed by atoms with E-state index in [0.29, 0.717) is 54.1 Å². The summed E-state index contributed by atoms with van der Waals surface area (Å²) in [5.41, 5.74) is 10.1. The first kappa shape index (κ1) is 41.7. The van der Waals surface area contributed by atoms with E-state index in [1.807, 2.05) is 17.0 Å². The third kappa shape index (κ3) is 12.5. The van der Waals surface area contributed by atoms with Crippen LogP contribution in [0.5, 0.6) is 0 Å². The number of hydrogen-bond donors (Lipinski definition) is 7. The zero-order chi connectivity index (χ0) is 41.1. The predicted octanol–water partition coefficient (Wildman–Crippen LogP) is 1.23. The highest BCUT2D eigenvalue weighted by molar-refractivity contribution is 7.88. The number of sulfonamides is 1. The SMILES string of the molecule is N=C(N)c1ccc(CNC(=O)[C@@H]2Cc3ccc(cc3)NC(=O)CN3CCN(CC3)CC(=O)NCc3ccc(cc3)C[C@@H](NS(=O)(=O)Cc3ccccc3)C(=O)N2)cc1. The van der Waals surface area contributed by atoms with Crippen molar-refractivity contribution < 1.29 is 27.6 Å². The van der Waals surface area contributed by atoms with Gasteiger partial charge in [0.2, 0.25) is 33.7 Å². The second-order valence-corrected chi connectivity index (χ2v) is 16.4. The molecular formula is C42H49N9O6S. The molecule has 9 rings (SSSR count). The van der Waals surface area contributed by atoms with E-state index in [9.17, 15) is 27.6 Å². The third-order valence-electron chi connectivity index (χ3n) is 10.0. The Kier molecular flexibility index (Phi) is 14.0. The fraction of sp³-hybridized carbons (Fsp3) is 0.310. The molecule has 0 saturated carbocycles. The predicted molar refractivity (Wildman–Crippen MR) is 221 cm³/mol. The van der Waals surface area contributed by atoms with Crippen LogP contribution in [-0.2, 0) is 60.9 Å². The Balaban J connectivity index is 1.27.